The number of methoxy groups -OCH3 is 2. The van der Waals surface area contributed by atoms with Gasteiger partial charge in [0.1, 0.15) is 56.8 Å². The van der Waals surface area contributed by atoms with Gasteiger partial charge in [0.05, 0.1) is 26.4 Å². The minimum atomic E-state index is -2.85. The molecule has 4 fully saturated rings. The van der Waals surface area contributed by atoms with Crippen LogP contribution in [0.15, 0.2) is 0 Å². The van der Waals surface area contributed by atoms with Gasteiger partial charge in [-0.1, -0.05) is 0 Å². The molecular weight excluding hydrogens is 656 g/mol. The average molecular weight is 709 g/mol. The van der Waals surface area contributed by atoms with Crippen molar-refractivity contribution in [2.45, 2.75) is 107 Å². The number of rotatable bonds is 13. The van der Waals surface area contributed by atoms with Crippen molar-refractivity contribution >= 4 is 28.7 Å². The number of fused-ring (bicyclic) bond motifs is 2. The molecule has 4 aliphatic rings. The minimum Gasteiger partial charge on any atom is -1.00 e. The van der Waals surface area contributed by atoms with Crippen molar-refractivity contribution in [3.8, 4) is 0 Å². The van der Waals surface area contributed by atoms with Crippen molar-refractivity contribution in [1.29, 1.82) is 0 Å². The van der Waals surface area contributed by atoms with E-state index in [0.29, 0.717) is 0 Å². The normalized spacial score (nSPS) is 33.4. The second kappa shape index (κ2) is 18.1. The Balaban J connectivity index is 0.000000873. The SMILES string of the molecule is CCOC(=O)C(OC[C@H]1O[C@@H](OC)[C@@H]2OC(C)(C)O[C@@H]21)P(C)(C)=O.CO[C@@H]1O[C@H](COC(CO)P(C)(C)=O)[C@H]2OC(C)(C)O[C@@H]12.[B].[H-].[Li+]. The van der Waals surface area contributed by atoms with Gasteiger partial charge in [-0.25, -0.2) is 4.79 Å². The molecule has 0 aromatic rings. The summed E-state index contributed by atoms with van der Waals surface area (Å²) in [5.74, 6) is -3.91. The first-order chi connectivity index (χ1) is 20.8. The summed E-state index contributed by atoms with van der Waals surface area (Å²) in [6.45, 7) is 15.2. The monoisotopic (exact) mass is 709 g/mol. The molecule has 4 rings (SSSR count). The van der Waals surface area contributed by atoms with Crippen molar-refractivity contribution < 1.29 is 91.4 Å². The summed E-state index contributed by atoms with van der Waals surface area (Å²) in [6.07, 6.45) is -3.38. The Morgan fingerprint density at radius 3 is 1.53 bits per heavy atom. The van der Waals surface area contributed by atoms with Gasteiger partial charge < -0.3 is 67.8 Å². The molecular formula is C28H53BLiO15P2. The van der Waals surface area contributed by atoms with E-state index in [0.717, 1.165) is 0 Å². The molecule has 0 bridgehead atoms. The molecule has 4 saturated heterocycles. The number of aliphatic hydroxyl groups is 1. The largest absolute Gasteiger partial charge is 1.00 e. The van der Waals surface area contributed by atoms with Crippen LogP contribution in [0.2, 0.25) is 0 Å². The van der Waals surface area contributed by atoms with Crippen molar-refractivity contribution in [1.82, 2.24) is 0 Å². The quantitative estimate of drug-likeness (QED) is 0.140. The predicted molar refractivity (Wildman–Crippen MR) is 168 cm³/mol. The molecule has 0 saturated carbocycles. The second-order valence-electron chi connectivity index (χ2n) is 13.0. The van der Waals surface area contributed by atoms with E-state index in [4.69, 9.17) is 52.1 Å². The number of esters is 1. The fourth-order valence-corrected chi connectivity index (χ4v) is 7.33. The second-order valence-corrected chi connectivity index (χ2v) is 19.7. The van der Waals surface area contributed by atoms with Crippen molar-refractivity contribution in [2.24, 2.45) is 0 Å². The van der Waals surface area contributed by atoms with Gasteiger partial charge in [0.15, 0.2) is 24.2 Å². The van der Waals surface area contributed by atoms with Crippen LogP contribution in [-0.4, -0.2) is 159 Å². The first-order valence-electron chi connectivity index (χ1n) is 14.9. The molecule has 1 N–H and O–H groups in total. The van der Waals surface area contributed by atoms with Gasteiger partial charge in [-0.05, 0) is 61.3 Å². The van der Waals surface area contributed by atoms with E-state index >= 15 is 0 Å². The molecule has 10 atom stereocenters. The molecule has 0 aliphatic carbocycles. The number of aliphatic hydroxyl groups excluding tert-OH is 1. The van der Waals surface area contributed by atoms with E-state index in [2.05, 4.69) is 0 Å². The Labute approximate surface area is 293 Å². The van der Waals surface area contributed by atoms with Crippen LogP contribution in [0.5, 0.6) is 0 Å². The molecule has 47 heavy (non-hydrogen) atoms. The summed E-state index contributed by atoms with van der Waals surface area (Å²) in [4.78, 5) is 12.0. The van der Waals surface area contributed by atoms with Crippen molar-refractivity contribution in [2.75, 3.05) is 67.3 Å². The van der Waals surface area contributed by atoms with Crippen LogP contribution < -0.4 is 18.9 Å². The summed E-state index contributed by atoms with van der Waals surface area (Å²) in [7, 11) is -2.32. The number of carbonyl (C=O) groups excluding carboxylic acids is 1. The third kappa shape index (κ3) is 11.8. The van der Waals surface area contributed by atoms with Crippen LogP contribution >= 0.6 is 14.3 Å². The zero-order chi connectivity index (χ0) is 34.0. The zero-order valence-electron chi connectivity index (χ0n) is 30.7. The maximum atomic E-state index is 12.3. The molecule has 15 nitrogen and oxygen atoms in total. The summed E-state index contributed by atoms with van der Waals surface area (Å²) >= 11 is 0. The first-order valence-corrected chi connectivity index (χ1v) is 20.3. The Hall–Kier alpha value is 0.152. The maximum absolute atomic E-state index is 12.3. The molecule has 3 radical (unpaired) electrons. The van der Waals surface area contributed by atoms with Gasteiger partial charge in [-0.2, -0.15) is 0 Å². The van der Waals surface area contributed by atoms with Gasteiger partial charge >= 0.3 is 24.8 Å². The smallest absolute Gasteiger partial charge is 1.00 e. The number of carbonyl (C=O) groups is 1. The van der Waals surface area contributed by atoms with Gasteiger partial charge in [-0.3, -0.25) is 0 Å². The van der Waals surface area contributed by atoms with Crippen LogP contribution in [0.1, 0.15) is 36.0 Å². The van der Waals surface area contributed by atoms with Gasteiger partial charge in [0, 0.05) is 22.6 Å². The molecule has 0 spiro atoms. The fourth-order valence-electron chi connectivity index (χ4n) is 5.47. The zero-order valence-corrected chi connectivity index (χ0v) is 31.5. The third-order valence-electron chi connectivity index (χ3n) is 7.45. The summed E-state index contributed by atoms with van der Waals surface area (Å²) in [6, 6.07) is 0. The van der Waals surface area contributed by atoms with Crippen LogP contribution in [-0.2, 0) is 66.0 Å². The Morgan fingerprint density at radius 1 is 0.787 bits per heavy atom. The molecule has 0 aromatic heterocycles. The number of hydrogen-bond donors (Lipinski definition) is 1. The summed E-state index contributed by atoms with van der Waals surface area (Å²) in [5.41, 5.74) is 0. The van der Waals surface area contributed by atoms with E-state index in [9.17, 15) is 19.0 Å². The van der Waals surface area contributed by atoms with Crippen LogP contribution in [0, 0.1) is 0 Å². The molecule has 0 amide bonds. The number of ether oxygens (including phenoxy) is 11. The Kier molecular flexibility index (Phi) is 17.4. The van der Waals surface area contributed by atoms with E-state index < -0.39 is 62.2 Å². The Bertz CT molecular complexity index is 1100. The average Bonchev–Trinajstić information content (AvgIpc) is 3.60. The van der Waals surface area contributed by atoms with Crippen LogP contribution in [0.4, 0.5) is 0 Å². The minimum absolute atomic E-state index is 0. The van der Waals surface area contributed by atoms with Crippen molar-refractivity contribution in [3.05, 3.63) is 0 Å². The Morgan fingerprint density at radius 2 is 1.19 bits per heavy atom. The molecule has 4 heterocycles. The third-order valence-corrected chi connectivity index (χ3v) is 10.6. The summed E-state index contributed by atoms with van der Waals surface area (Å²) in [5, 5.41) is 9.29. The van der Waals surface area contributed by atoms with E-state index in [1.165, 1.54) is 20.4 Å². The van der Waals surface area contributed by atoms with Crippen LogP contribution in [0.3, 0.4) is 0 Å². The van der Waals surface area contributed by atoms with Gasteiger partial charge in [0.2, 0.25) is 5.85 Å². The standard InChI is InChI=1S/C15H27O8P.C13H25O7P.B.Li.H/c1-7-19-12(16)14(24(5,6)17)20-8-9-10-11(13(18-4)21-9)23-15(2,3)22-10;1-13(2)19-10-8(18-12(16-3)11(10)20-13)7-17-9(6-14)21(4,5)15;;;/h9-11,13-14H,7-8H2,1-6H3;8-12,14H,6-7H2,1-5H3;;;/q;;;+1;-1/t9-,10-,11-,13-,14?;8-,9?,10-,11-,12-;;;/m11.../s1. The van der Waals surface area contributed by atoms with E-state index in [1.54, 1.807) is 27.4 Å². The predicted octanol–water partition coefficient (Wildman–Crippen LogP) is -1.02. The van der Waals surface area contributed by atoms with E-state index in [1.807, 2.05) is 27.7 Å². The van der Waals surface area contributed by atoms with Gasteiger partial charge in [-0.15, -0.1) is 0 Å². The molecule has 4 aliphatic heterocycles. The van der Waals surface area contributed by atoms with E-state index in [-0.39, 0.29) is 85.6 Å². The first kappa shape index (κ1) is 45.2. The fraction of sp³-hybridized carbons (Fsp3) is 0.964. The van der Waals surface area contributed by atoms with Crippen LogP contribution in [0.25, 0.3) is 0 Å². The van der Waals surface area contributed by atoms with Gasteiger partial charge in [0.25, 0.3) is 0 Å². The number of hydrogen-bond acceptors (Lipinski definition) is 15. The van der Waals surface area contributed by atoms with Crippen molar-refractivity contribution in [3.63, 3.8) is 0 Å². The molecule has 19 heteroatoms. The maximum Gasteiger partial charge on any atom is 1.00 e. The molecule has 0 aromatic carbocycles. The topological polar surface area (TPSA) is 173 Å². The summed E-state index contributed by atoms with van der Waals surface area (Å²) < 4.78 is 85.7. The molecule has 2 unspecified atom stereocenters. The molecule has 269 valence electrons.